The quantitative estimate of drug-likeness (QED) is 0.750. The van der Waals surface area contributed by atoms with Gasteiger partial charge in [0.25, 0.3) is 5.56 Å². The smallest absolute Gasteiger partial charge is 0.256 e. The zero-order valence-corrected chi connectivity index (χ0v) is 13.9. The van der Waals surface area contributed by atoms with Crippen molar-refractivity contribution in [1.29, 1.82) is 0 Å². The Morgan fingerprint density at radius 3 is 2.80 bits per heavy atom. The highest BCUT2D eigenvalue weighted by atomic mass is 16.3. The van der Waals surface area contributed by atoms with Crippen LogP contribution in [-0.2, 0) is 17.9 Å². The Kier molecular flexibility index (Phi) is 4.69. The molecule has 25 heavy (non-hydrogen) atoms. The zero-order valence-electron chi connectivity index (χ0n) is 13.9. The van der Waals surface area contributed by atoms with Crippen molar-refractivity contribution < 1.29 is 9.21 Å². The van der Waals surface area contributed by atoms with Crippen LogP contribution in [0.5, 0.6) is 0 Å². The summed E-state index contributed by atoms with van der Waals surface area (Å²) in [7, 11) is 0. The van der Waals surface area contributed by atoms with Gasteiger partial charge in [0.15, 0.2) is 5.76 Å². The summed E-state index contributed by atoms with van der Waals surface area (Å²) in [6.07, 6.45) is 6.03. The fraction of sp³-hybridized carbons (Fsp3) is 0.235. The number of aromatic nitrogens is 4. The summed E-state index contributed by atoms with van der Waals surface area (Å²) in [5.74, 6) is 0.259. The molecule has 3 aromatic heterocycles. The van der Waals surface area contributed by atoms with E-state index in [0.29, 0.717) is 28.4 Å². The summed E-state index contributed by atoms with van der Waals surface area (Å²) in [4.78, 5) is 36.9. The van der Waals surface area contributed by atoms with Gasteiger partial charge in [-0.15, -0.1) is 0 Å². The lowest BCUT2D eigenvalue weighted by Crippen LogP contribution is -2.33. The van der Waals surface area contributed by atoms with E-state index in [2.05, 4.69) is 20.3 Å². The first-order valence-electron chi connectivity index (χ1n) is 7.69. The number of rotatable bonds is 5. The molecule has 0 aromatic carbocycles. The van der Waals surface area contributed by atoms with Gasteiger partial charge in [0.05, 0.1) is 24.8 Å². The largest absolute Gasteiger partial charge is 0.463 e. The van der Waals surface area contributed by atoms with Crippen LogP contribution in [0, 0.1) is 13.8 Å². The Bertz CT molecular complexity index is 947. The van der Waals surface area contributed by atoms with E-state index in [0.717, 1.165) is 0 Å². The molecule has 8 heteroatoms. The van der Waals surface area contributed by atoms with Gasteiger partial charge in [0.1, 0.15) is 12.2 Å². The lowest BCUT2D eigenvalue weighted by Gasteiger charge is -2.09. The van der Waals surface area contributed by atoms with Crippen LogP contribution in [0.1, 0.15) is 17.0 Å². The van der Waals surface area contributed by atoms with Gasteiger partial charge in [-0.05, 0) is 26.0 Å². The Labute approximate surface area is 143 Å². The van der Waals surface area contributed by atoms with Crippen molar-refractivity contribution in [3.8, 4) is 11.5 Å². The van der Waals surface area contributed by atoms with E-state index >= 15 is 0 Å². The third-order valence-electron chi connectivity index (χ3n) is 3.81. The summed E-state index contributed by atoms with van der Waals surface area (Å²) in [5.41, 5.74) is 2.11. The van der Waals surface area contributed by atoms with E-state index in [-0.39, 0.29) is 24.6 Å². The zero-order chi connectivity index (χ0) is 17.8. The van der Waals surface area contributed by atoms with Gasteiger partial charge in [0, 0.05) is 23.7 Å². The summed E-state index contributed by atoms with van der Waals surface area (Å²) in [6.45, 7) is 3.51. The molecule has 1 amide bonds. The molecule has 0 saturated carbocycles. The molecule has 3 aromatic rings. The second-order valence-electron chi connectivity index (χ2n) is 5.49. The molecule has 0 aliphatic heterocycles. The van der Waals surface area contributed by atoms with Crippen molar-refractivity contribution in [1.82, 2.24) is 24.8 Å². The van der Waals surface area contributed by atoms with Crippen LogP contribution in [0.15, 0.2) is 46.3 Å². The minimum atomic E-state index is -0.316. The highest BCUT2D eigenvalue weighted by Crippen LogP contribution is 2.19. The van der Waals surface area contributed by atoms with Gasteiger partial charge >= 0.3 is 0 Å². The normalized spacial score (nSPS) is 10.6. The van der Waals surface area contributed by atoms with Crippen LogP contribution < -0.4 is 10.9 Å². The number of nitrogens with zero attached hydrogens (tertiary/aromatic N) is 4. The standard InChI is InChI=1S/C17H17N5O3/c1-11-12(2)21-10-22(17(11)24)9-15(23)20-8-13-16(19-6-5-18-13)14-4-3-7-25-14/h3-7,10H,8-9H2,1-2H3,(H,20,23). The molecule has 3 heterocycles. The van der Waals surface area contributed by atoms with E-state index in [4.69, 9.17) is 4.42 Å². The predicted molar refractivity (Wildman–Crippen MR) is 89.6 cm³/mol. The molecule has 0 unspecified atom stereocenters. The molecule has 3 rings (SSSR count). The topological polar surface area (TPSA) is 103 Å². The van der Waals surface area contributed by atoms with E-state index in [1.165, 1.54) is 10.9 Å². The maximum absolute atomic E-state index is 12.2. The van der Waals surface area contributed by atoms with Gasteiger partial charge in [-0.2, -0.15) is 0 Å². The third kappa shape index (κ3) is 3.63. The van der Waals surface area contributed by atoms with Crippen molar-refractivity contribution in [3.05, 3.63) is 64.4 Å². The second kappa shape index (κ2) is 7.08. The Morgan fingerprint density at radius 2 is 2.04 bits per heavy atom. The summed E-state index contributed by atoms with van der Waals surface area (Å²) < 4.78 is 6.61. The number of hydrogen-bond acceptors (Lipinski definition) is 6. The number of carbonyl (C=O) groups is 1. The fourth-order valence-corrected chi connectivity index (χ4v) is 2.30. The van der Waals surface area contributed by atoms with E-state index in [1.807, 2.05) is 0 Å². The van der Waals surface area contributed by atoms with Crippen molar-refractivity contribution >= 4 is 5.91 Å². The summed E-state index contributed by atoms with van der Waals surface area (Å²) >= 11 is 0. The average molecular weight is 339 g/mol. The molecule has 1 N–H and O–H groups in total. The second-order valence-corrected chi connectivity index (χ2v) is 5.49. The molecular formula is C17H17N5O3. The lowest BCUT2D eigenvalue weighted by molar-refractivity contribution is -0.121. The van der Waals surface area contributed by atoms with Crippen molar-refractivity contribution in [2.24, 2.45) is 0 Å². The van der Waals surface area contributed by atoms with E-state index < -0.39 is 0 Å². The molecule has 8 nitrogen and oxygen atoms in total. The minimum absolute atomic E-state index is 0.108. The molecule has 0 aliphatic rings. The summed E-state index contributed by atoms with van der Waals surface area (Å²) in [6, 6.07) is 3.53. The van der Waals surface area contributed by atoms with Crippen LogP contribution in [0.4, 0.5) is 0 Å². The first-order valence-corrected chi connectivity index (χ1v) is 7.69. The number of furan rings is 1. The van der Waals surface area contributed by atoms with E-state index in [1.54, 1.807) is 44.6 Å². The third-order valence-corrected chi connectivity index (χ3v) is 3.81. The average Bonchev–Trinajstić information content (AvgIpc) is 3.15. The molecule has 0 saturated heterocycles. The van der Waals surface area contributed by atoms with Gasteiger partial charge in [-0.3, -0.25) is 19.1 Å². The highest BCUT2D eigenvalue weighted by Gasteiger charge is 2.12. The maximum atomic E-state index is 12.2. The monoisotopic (exact) mass is 339 g/mol. The van der Waals surface area contributed by atoms with Crippen LogP contribution in [0.3, 0.4) is 0 Å². The molecule has 0 bridgehead atoms. The van der Waals surface area contributed by atoms with Crippen LogP contribution in [-0.4, -0.2) is 25.4 Å². The van der Waals surface area contributed by atoms with Crippen LogP contribution in [0.2, 0.25) is 0 Å². The van der Waals surface area contributed by atoms with Crippen molar-refractivity contribution in [2.75, 3.05) is 0 Å². The first-order chi connectivity index (χ1) is 12.1. The van der Waals surface area contributed by atoms with Gasteiger partial charge < -0.3 is 9.73 Å². The molecule has 0 atom stereocenters. The Balaban J connectivity index is 1.70. The van der Waals surface area contributed by atoms with Gasteiger partial charge in [-0.25, -0.2) is 9.97 Å². The van der Waals surface area contributed by atoms with Crippen LogP contribution >= 0.6 is 0 Å². The number of amides is 1. The minimum Gasteiger partial charge on any atom is -0.463 e. The Hall–Kier alpha value is -3.29. The van der Waals surface area contributed by atoms with Crippen LogP contribution in [0.25, 0.3) is 11.5 Å². The SMILES string of the molecule is Cc1ncn(CC(=O)NCc2nccnc2-c2ccco2)c(=O)c1C. The lowest BCUT2D eigenvalue weighted by atomic mass is 10.2. The van der Waals surface area contributed by atoms with Crippen molar-refractivity contribution in [2.45, 2.75) is 26.9 Å². The number of hydrogen-bond donors (Lipinski definition) is 1. The highest BCUT2D eigenvalue weighted by molar-refractivity contribution is 5.75. The molecule has 0 spiro atoms. The fourth-order valence-electron chi connectivity index (χ4n) is 2.30. The summed E-state index contributed by atoms with van der Waals surface area (Å²) in [5, 5.41) is 2.74. The molecule has 0 aliphatic carbocycles. The van der Waals surface area contributed by atoms with Crippen molar-refractivity contribution in [3.63, 3.8) is 0 Å². The number of carbonyl (C=O) groups excluding carboxylic acids is 1. The number of aryl methyl sites for hydroxylation is 1. The molecule has 0 radical (unpaired) electrons. The van der Waals surface area contributed by atoms with E-state index in [9.17, 15) is 9.59 Å². The maximum Gasteiger partial charge on any atom is 0.256 e. The first kappa shape index (κ1) is 16.6. The van der Waals surface area contributed by atoms with Gasteiger partial charge in [-0.1, -0.05) is 0 Å². The Morgan fingerprint density at radius 1 is 1.24 bits per heavy atom. The molecular weight excluding hydrogens is 322 g/mol. The predicted octanol–water partition coefficient (Wildman–Crippen LogP) is 1.23. The molecule has 0 fully saturated rings. The molecule has 128 valence electrons. The van der Waals surface area contributed by atoms with Gasteiger partial charge in [0.2, 0.25) is 5.91 Å². The number of nitrogens with one attached hydrogen (secondary N) is 1.